The molecule has 0 radical (unpaired) electrons. The van der Waals surface area contributed by atoms with E-state index in [0.29, 0.717) is 44.2 Å². The highest BCUT2D eigenvalue weighted by Crippen LogP contribution is 2.32. The molecule has 0 atom stereocenters. The Morgan fingerprint density at radius 2 is 1.93 bits per heavy atom. The Morgan fingerprint density at radius 3 is 2.61 bits per heavy atom. The first kappa shape index (κ1) is 18.8. The van der Waals surface area contributed by atoms with Crippen molar-refractivity contribution in [3.63, 3.8) is 0 Å². The van der Waals surface area contributed by atoms with E-state index >= 15 is 0 Å². The van der Waals surface area contributed by atoms with E-state index in [0.717, 1.165) is 17.8 Å². The minimum Gasteiger partial charge on any atom is -0.408 e. The second-order valence-corrected chi connectivity index (χ2v) is 7.15. The van der Waals surface area contributed by atoms with Crippen LogP contribution in [0.1, 0.15) is 5.56 Å². The second kappa shape index (κ2) is 7.14. The zero-order valence-electron chi connectivity index (χ0n) is 14.7. The molecular formula is C18H18ClF3N4O2+2. The van der Waals surface area contributed by atoms with E-state index in [1.807, 2.05) is 23.1 Å². The fraction of sp³-hybridized carbons (Fsp3) is 0.333. The summed E-state index contributed by atoms with van der Waals surface area (Å²) in [6.07, 6.45) is -3.51. The lowest BCUT2D eigenvalue weighted by atomic mass is 10.2. The Morgan fingerprint density at radius 1 is 1.21 bits per heavy atom. The average Bonchev–Trinajstić information content (AvgIpc) is 2.97. The van der Waals surface area contributed by atoms with E-state index in [4.69, 9.17) is 16.0 Å². The number of hydrogen-bond donors (Lipinski definition) is 1. The normalized spacial score (nSPS) is 16.1. The molecule has 2 N–H and O–H groups in total. The Hall–Kier alpha value is -2.52. The maximum absolute atomic E-state index is 12.8. The topological polar surface area (TPSA) is 57.0 Å². The molecule has 3 heterocycles. The Labute approximate surface area is 162 Å². The van der Waals surface area contributed by atoms with Crippen LogP contribution in [0, 0.1) is 0 Å². The minimum absolute atomic E-state index is 0.0373. The lowest BCUT2D eigenvalue weighted by molar-refractivity contribution is -0.923. The molecule has 0 bridgehead atoms. The molecule has 1 aromatic carbocycles. The smallest absolute Gasteiger partial charge is 0.408 e. The summed E-state index contributed by atoms with van der Waals surface area (Å²) >= 11 is 6.07. The van der Waals surface area contributed by atoms with Crippen molar-refractivity contribution in [1.29, 1.82) is 0 Å². The van der Waals surface area contributed by atoms with Gasteiger partial charge in [0.25, 0.3) is 5.82 Å². The molecule has 148 valence electrons. The summed E-state index contributed by atoms with van der Waals surface area (Å²) in [4.78, 5) is 17.9. The summed E-state index contributed by atoms with van der Waals surface area (Å²) in [7, 11) is 0. The third kappa shape index (κ3) is 3.59. The van der Waals surface area contributed by atoms with Crippen molar-refractivity contribution in [3.05, 3.63) is 57.7 Å². The fourth-order valence-electron chi connectivity index (χ4n) is 3.46. The molecule has 0 aliphatic carbocycles. The SMILES string of the molecule is O=c1oc2ccccc2n1C[NH+]1CCN(c2[nH+]cc(C(F)(F)F)cc2Cl)CC1. The van der Waals surface area contributed by atoms with Gasteiger partial charge in [-0.15, -0.1) is 0 Å². The first-order valence-electron chi connectivity index (χ1n) is 8.78. The molecule has 4 rings (SSSR count). The monoisotopic (exact) mass is 414 g/mol. The van der Waals surface area contributed by atoms with E-state index in [1.165, 1.54) is 4.90 Å². The maximum Gasteiger partial charge on any atom is 0.424 e. The van der Waals surface area contributed by atoms with Crippen molar-refractivity contribution in [2.75, 3.05) is 31.1 Å². The van der Waals surface area contributed by atoms with Crippen molar-refractivity contribution >= 4 is 28.5 Å². The quantitative estimate of drug-likeness (QED) is 0.705. The van der Waals surface area contributed by atoms with Gasteiger partial charge in [-0.3, -0.25) is 0 Å². The molecule has 28 heavy (non-hydrogen) atoms. The number of nitrogens with zero attached hydrogens (tertiary/aromatic N) is 2. The Kier molecular flexibility index (Phi) is 4.80. The van der Waals surface area contributed by atoms with Gasteiger partial charge < -0.3 is 9.32 Å². The molecule has 1 aliphatic heterocycles. The summed E-state index contributed by atoms with van der Waals surface area (Å²) in [6, 6.07) is 8.19. The summed E-state index contributed by atoms with van der Waals surface area (Å²) in [5.74, 6) is 0.0786. The van der Waals surface area contributed by atoms with Gasteiger partial charge in [0.1, 0.15) is 37.4 Å². The average molecular weight is 415 g/mol. The number of benzene rings is 1. The van der Waals surface area contributed by atoms with Gasteiger partial charge in [0.2, 0.25) is 0 Å². The van der Waals surface area contributed by atoms with Crippen LogP contribution in [0.3, 0.4) is 0 Å². The number of rotatable bonds is 3. The van der Waals surface area contributed by atoms with Gasteiger partial charge in [-0.1, -0.05) is 23.7 Å². The van der Waals surface area contributed by atoms with Crippen LogP contribution < -0.4 is 20.5 Å². The maximum atomic E-state index is 12.8. The van der Waals surface area contributed by atoms with Gasteiger partial charge in [-0.25, -0.2) is 19.2 Å². The molecule has 0 unspecified atom stereocenters. The van der Waals surface area contributed by atoms with Crippen LogP contribution >= 0.6 is 11.6 Å². The highest BCUT2D eigenvalue weighted by Gasteiger charge is 2.35. The molecule has 0 saturated carbocycles. The van der Waals surface area contributed by atoms with Crippen LogP contribution in [0.5, 0.6) is 0 Å². The predicted octanol–water partition coefficient (Wildman–Crippen LogP) is 1.44. The number of hydrogen-bond acceptors (Lipinski definition) is 3. The van der Waals surface area contributed by atoms with Crippen molar-refractivity contribution in [3.8, 4) is 0 Å². The van der Waals surface area contributed by atoms with Crippen LogP contribution in [0.4, 0.5) is 19.0 Å². The molecule has 10 heteroatoms. The number of pyridine rings is 1. The van der Waals surface area contributed by atoms with E-state index in [9.17, 15) is 18.0 Å². The zero-order valence-corrected chi connectivity index (χ0v) is 15.5. The summed E-state index contributed by atoms with van der Waals surface area (Å²) in [5, 5.41) is 0.0373. The molecule has 2 aromatic heterocycles. The van der Waals surface area contributed by atoms with Crippen LogP contribution in [-0.2, 0) is 12.8 Å². The highest BCUT2D eigenvalue weighted by molar-refractivity contribution is 6.32. The fourth-order valence-corrected chi connectivity index (χ4v) is 3.75. The number of nitrogens with one attached hydrogen (secondary N) is 2. The standard InChI is InChI=1S/C18H16ClF3N4O2/c19-13-9-12(18(20,21)22)10-23-16(13)25-7-5-24(6-8-25)11-26-14-3-1-2-4-15(14)28-17(26)27/h1-4,9-10H,5-8,11H2/p+2. The second-order valence-electron chi connectivity index (χ2n) is 6.74. The number of aromatic nitrogens is 2. The predicted molar refractivity (Wildman–Crippen MR) is 96.4 cm³/mol. The van der Waals surface area contributed by atoms with Crippen molar-refractivity contribution in [2.24, 2.45) is 0 Å². The van der Waals surface area contributed by atoms with Crippen LogP contribution in [0.2, 0.25) is 5.02 Å². The van der Waals surface area contributed by atoms with Gasteiger partial charge in [-0.2, -0.15) is 13.2 Å². The number of alkyl halides is 3. The molecule has 3 aromatic rings. The van der Waals surface area contributed by atoms with E-state index in [1.54, 1.807) is 10.6 Å². The van der Waals surface area contributed by atoms with E-state index < -0.39 is 17.5 Å². The number of anilines is 1. The first-order chi connectivity index (χ1) is 13.3. The molecule has 6 nitrogen and oxygen atoms in total. The molecular weight excluding hydrogens is 397 g/mol. The van der Waals surface area contributed by atoms with Crippen LogP contribution in [0.15, 0.2) is 45.7 Å². The van der Waals surface area contributed by atoms with Gasteiger partial charge in [0.15, 0.2) is 12.3 Å². The molecule has 1 aliphatic rings. The number of quaternary nitrogens is 1. The third-order valence-corrected chi connectivity index (χ3v) is 5.23. The summed E-state index contributed by atoms with van der Waals surface area (Å²) < 4.78 is 45.2. The minimum atomic E-state index is -4.44. The lowest BCUT2D eigenvalue weighted by Crippen LogP contribution is -3.14. The Balaban J connectivity index is 1.45. The largest absolute Gasteiger partial charge is 0.424 e. The number of fused-ring (bicyclic) bond motifs is 1. The van der Waals surface area contributed by atoms with Crippen LogP contribution in [0.25, 0.3) is 11.1 Å². The lowest BCUT2D eigenvalue weighted by Gasteiger charge is -2.28. The number of piperazine rings is 1. The van der Waals surface area contributed by atoms with Gasteiger partial charge >= 0.3 is 11.9 Å². The van der Waals surface area contributed by atoms with Gasteiger partial charge in [-0.05, 0) is 18.2 Å². The summed E-state index contributed by atoms with van der Waals surface area (Å²) in [6.45, 7) is 3.07. The molecule has 1 saturated heterocycles. The number of halogens is 4. The number of H-pyrrole nitrogens is 1. The third-order valence-electron chi connectivity index (χ3n) is 4.94. The van der Waals surface area contributed by atoms with E-state index in [2.05, 4.69) is 4.98 Å². The number of oxazole rings is 1. The number of para-hydroxylation sites is 2. The van der Waals surface area contributed by atoms with E-state index in [-0.39, 0.29) is 5.02 Å². The molecule has 1 fully saturated rings. The van der Waals surface area contributed by atoms with Gasteiger partial charge in [0.05, 0.1) is 11.1 Å². The zero-order chi connectivity index (χ0) is 19.9. The van der Waals surface area contributed by atoms with Gasteiger partial charge in [0, 0.05) is 0 Å². The Bertz CT molecular complexity index is 1050. The van der Waals surface area contributed by atoms with Crippen molar-refractivity contribution < 1.29 is 27.5 Å². The van der Waals surface area contributed by atoms with Crippen LogP contribution in [-0.4, -0.2) is 30.7 Å². The molecule has 0 spiro atoms. The van der Waals surface area contributed by atoms with Crippen molar-refractivity contribution in [1.82, 2.24) is 4.57 Å². The van der Waals surface area contributed by atoms with Crippen molar-refractivity contribution in [2.45, 2.75) is 12.8 Å². The first-order valence-corrected chi connectivity index (χ1v) is 9.16. The highest BCUT2D eigenvalue weighted by atomic mass is 35.5. The summed E-state index contributed by atoms with van der Waals surface area (Å²) in [5.41, 5.74) is 0.495. The number of aromatic amines is 1. The molecule has 0 amide bonds.